The Kier molecular flexibility index (Phi) is 3.14. The average molecular weight is 255 g/mol. The minimum atomic E-state index is -0.918. The van der Waals surface area contributed by atoms with E-state index in [4.69, 9.17) is 0 Å². The average Bonchev–Trinajstić information content (AvgIpc) is 2.64. The van der Waals surface area contributed by atoms with Gasteiger partial charge < -0.3 is 0 Å². The van der Waals surface area contributed by atoms with Crippen molar-refractivity contribution in [1.29, 1.82) is 0 Å². The number of halogens is 2. The van der Waals surface area contributed by atoms with E-state index in [-0.39, 0.29) is 11.4 Å². The minimum Gasteiger partial charge on any atom is -0.298 e. The van der Waals surface area contributed by atoms with Gasteiger partial charge in [0.25, 0.3) is 0 Å². The Labute approximate surface area is 98.9 Å². The van der Waals surface area contributed by atoms with Crippen LogP contribution in [0.2, 0.25) is 0 Å². The summed E-state index contributed by atoms with van der Waals surface area (Å²) in [5, 5.41) is 1.51. The van der Waals surface area contributed by atoms with Crippen LogP contribution in [0, 0.1) is 11.6 Å². The van der Waals surface area contributed by atoms with Gasteiger partial charge in [-0.2, -0.15) is 0 Å². The molecule has 1 heterocycles. The molecule has 0 saturated heterocycles. The minimum absolute atomic E-state index is 0.338. The van der Waals surface area contributed by atoms with Gasteiger partial charge in [0.15, 0.2) is 5.78 Å². The summed E-state index contributed by atoms with van der Waals surface area (Å²) in [6.07, 6.45) is 1.41. The van der Waals surface area contributed by atoms with E-state index in [9.17, 15) is 18.4 Å². The van der Waals surface area contributed by atoms with Gasteiger partial charge >= 0.3 is 4.87 Å². The van der Waals surface area contributed by atoms with Crippen LogP contribution in [0.5, 0.6) is 0 Å². The van der Waals surface area contributed by atoms with Crippen LogP contribution in [-0.4, -0.2) is 10.4 Å². The molecule has 0 spiro atoms. The number of Topliss-reactive ketones (excluding diaryl/α,β-unsaturated/α-hetero) is 1. The summed E-state index contributed by atoms with van der Waals surface area (Å²) in [4.78, 5) is 22.5. The molecule has 0 aliphatic carbocycles. The summed E-state index contributed by atoms with van der Waals surface area (Å²) in [7, 11) is 0. The lowest BCUT2D eigenvalue weighted by atomic mass is 10.1. The summed E-state index contributed by atoms with van der Waals surface area (Å²) < 4.78 is 27.7. The number of hydrogen-bond acceptors (Lipinski definition) is 3. The van der Waals surface area contributed by atoms with Crippen molar-refractivity contribution in [2.45, 2.75) is 6.54 Å². The van der Waals surface area contributed by atoms with E-state index in [0.717, 1.165) is 28.0 Å². The molecule has 0 unspecified atom stereocenters. The van der Waals surface area contributed by atoms with E-state index in [1.165, 1.54) is 17.6 Å². The first-order chi connectivity index (χ1) is 8.09. The quantitative estimate of drug-likeness (QED) is 0.787. The second-order valence-electron chi connectivity index (χ2n) is 3.32. The predicted octanol–water partition coefficient (Wildman–Crippen LogP) is 2.07. The number of carbonyl (C=O) groups is 1. The van der Waals surface area contributed by atoms with Gasteiger partial charge in [0.2, 0.25) is 0 Å². The van der Waals surface area contributed by atoms with E-state index >= 15 is 0 Å². The van der Waals surface area contributed by atoms with Crippen molar-refractivity contribution in [3.63, 3.8) is 0 Å². The molecule has 88 valence electrons. The van der Waals surface area contributed by atoms with Crippen LogP contribution in [-0.2, 0) is 6.54 Å². The van der Waals surface area contributed by atoms with Gasteiger partial charge in [-0.1, -0.05) is 17.4 Å². The molecule has 0 radical (unpaired) electrons. The van der Waals surface area contributed by atoms with Crippen molar-refractivity contribution in [3.8, 4) is 0 Å². The maximum atomic E-state index is 13.3. The number of nitrogens with zero attached hydrogens (tertiary/aromatic N) is 1. The van der Waals surface area contributed by atoms with E-state index in [1.54, 1.807) is 0 Å². The van der Waals surface area contributed by atoms with Gasteiger partial charge in [-0.3, -0.25) is 14.2 Å². The number of hydrogen-bond donors (Lipinski definition) is 0. The van der Waals surface area contributed by atoms with E-state index in [1.807, 2.05) is 0 Å². The van der Waals surface area contributed by atoms with Gasteiger partial charge in [0.1, 0.15) is 11.6 Å². The van der Waals surface area contributed by atoms with Crippen LogP contribution in [0.1, 0.15) is 10.4 Å². The first-order valence-corrected chi connectivity index (χ1v) is 5.58. The van der Waals surface area contributed by atoms with Crippen LogP contribution in [0.4, 0.5) is 8.78 Å². The summed E-state index contributed by atoms with van der Waals surface area (Å²) in [6.45, 7) is -0.361. The molecule has 0 aliphatic heterocycles. The first kappa shape index (κ1) is 11.7. The number of ketones is 1. The van der Waals surface area contributed by atoms with Crippen molar-refractivity contribution in [3.05, 3.63) is 56.6 Å². The fourth-order valence-corrected chi connectivity index (χ4v) is 1.99. The van der Waals surface area contributed by atoms with Gasteiger partial charge in [-0.25, -0.2) is 8.78 Å². The highest BCUT2D eigenvalue weighted by atomic mass is 32.1. The summed E-state index contributed by atoms with van der Waals surface area (Å²) in [5.41, 5.74) is -0.606. The lowest BCUT2D eigenvalue weighted by Crippen LogP contribution is -2.20. The predicted molar refractivity (Wildman–Crippen MR) is 59.3 cm³/mol. The first-order valence-electron chi connectivity index (χ1n) is 4.70. The molecule has 1 aromatic heterocycles. The third-order valence-electron chi connectivity index (χ3n) is 2.20. The molecule has 0 amide bonds. The monoisotopic (exact) mass is 255 g/mol. The van der Waals surface area contributed by atoms with E-state index in [2.05, 4.69) is 0 Å². The molecule has 0 bridgehead atoms. The number of carbonyl (C=O) groups excluding carboxylic acids is 1. The molecule has 2 rings (SSSR count). The Balaban J connectivity index is 2.33. The number of aromatic nitrogens is 1. The largest absolute Gasteiger partial charge is 0.307 e. The number of thiazole rings is 1. The van der Waals surface area contributed by atoms with Gasteiger partial charge in [-0.05, 0) is 12.1 Å². The zero-order valence-corrected chi connectivity index (χ0v) is 9.34. The molecule has 3 nitrogen and oxygen atoms in total. The van der Waals surface area contributed by atoms with Gasteiger partial charge in [0, 0.05) is 11.6 Å². The van der Waals surface area contributed by atoms with E-state index in [0.29, 0.717) is 0 Å². The fourth-order valence-electron chi connectivity index (χ4n) is 1.41. The molecule has 0 N–H and O–H groups in total. The van der Waals surface area contributed by atoms with Crippen LogP contribution >= 0.6 is 11.3 Å². The van der Waals surface area contributed by atoms with Crippen LogP contribution in [0.15, 0.2) is 34.6 Å². The third kappa shape index (κ3) is 2.31. The molecule has 0 saturated carbocycles. The summed E-state index contributed by atoms with van der Waals surface area (Å²) in [5.74, 6) is -2.60. The lowest BCUT2D eigenvalue weighted by Gasteiger charge is -2.04. The van der Waals surface area contributed by atoms with Crippen molar-refractivity contribution >= 4 is 17.1 Å². The Morgan fingerprint density at radius 3 is 2.47 bits per heavy atom. The van der Waals surface area contributed by atoms with Crippen LogP contribution in [0.25, 0.3) is 0 Å². The zero-order valence-electron chi connectivity index (χ0n) is 8.52. The molecular weight excluding hydrogens is 248 g/mol. The molecule has 0 atom stereocenters. The van der Waals surface area contributed by atoms with Crippen molar-refractivity contribution in [2.75, 3.05) is 0 Å². The van der Waals surface area contributed by atoms with Gasteiger partial charge in [-0.15, -0.1) is 0 Å². The summed E-state index contributed by atoms with van der Waals surface area (Å²) in [6, 6.07) is 3.19. The third-order valence-corrected chi connectivity index (χ3v) is 2.89. The normalized spacial score (nSPS) is 10.5. The second kappa shape index (κ2) is 4.58. The molecule has 1 aromatic carbocycles. The molecule has 17 heavy (non-hydrogen) atoms. The Morgan fingerprint density at radius 2 is 1.94 bits per heavy atom. The van der Waals surface area contributed by atoms with Gasteiger partial charge in [0.05, 0.1) is 12.1 Å². The summed E-state index contributed by atoms with van der Waals surface area (Å²) >= 11 is 0.918. The molecule has 0 aliphatic rings. The van der Waals surface area contributed by atoms with Crippen molar-refractivity contribution in [1.82, 2.24) is 4.57 Å². The maximum absolute atomic E-state index is 13.3. The second-order valence-corrected chi connectivity index (χ2v) is 4.17. The van der Waals surface area contributed by atoms with E-state index < -0.39 is 23.0 Å². The van der Waals surface area contributed by atoms with Crippen molar-refractivity contribution < 1.29 is 13.6 Å². The van der Waals surface area contributed by atoms with Crippen molar-refractivity contribution in [2.24, 2.45) is 0 Å². The topological polar surface area (TPSA) is 39.1 Å². The molecular formula is C11H7F2NO2S. The Hall–Kier alpha value is -1.82. The molecule has 6 heteroatoms. The highest BCUT2D eigenvalue weighted by molar-refractivity contribution is 7.07. The Morgan fingerprint density at radius 1 is 1.29 bits per heavy atom. The number of benzene rings is 1. The highest BCUT2D eigenvalue weighted by Crippen LogP contribution is 2.13. The molecule has 2 aromatic rings. The number of rotatable bonds is 3. The zero-order chi connectivity index (χ0) is 12.4. The smallest absolute Gasteiger partial charge is 0.298 e. The maximum Gasteiger partial charge on any atom is 0.307 e. The Bertz CT molecular complexity index is 598. The standard InChI is InChI=1S/C11H7F2NO2S/c12-7-2-1-3-8(13)10(7)9(15)6-14-4-5-17-11(14)16/h1-5H,6H2. The highest BCUT2D eigenvalue weighted by Gasteiger charge is 2.17. The lowest BCUT2D eigenvalue weighted by molar-refractivity contribution is 0.0963. The molecule has 0 fully saturated rings. The van der Waals surface area contributed by atoms with Crippen LogP contribution < -0.4 is 4.87 Å². The van der Waals surface area contributed by atoms with Crippen LogP contribution in [0.3, 0.4) is 0 Å². The SMILES string of the molecule is O=C(Cn1ccsc1=O)c1c(F)cccc1F. The fraction of sp³-hybridized carbons (Fsp3) is 0.0909.